The fourth-order valence-corrected chi connectivity index (χ4v) is 4.89. The summed E-state index contributed by atoms with van der Waals surface area (Å²) >= 11 is 0. The molecule has 1 nitrogen and oxygen atoms in total. The average Bonchev–Trinajstić information content (AvgIpc) is 2.86. The molecule has 1 aliphatic carbocycles. The molecule has 0 saturated heterocycles. The zero-order valence-electron chi connectivity index (χ0n) is 20.3. The minimum atomic E-state index is -0.713. The second kappa shape index (κ2) is 11.6. The van der Waals surface area contributed by atoms with Gasteiger partial charge in [-0.3, -0.25) is 0 Å². The first-order valence-corrected chi connectivity index (χ1v) is 12.6. The minimum Gasteiger partial charge on any atom is -0.493 e. The highest BCUT2D eigenvalue weighted by molar-refractivity contribution is 5.65. The summed E-state index contributed by atoms with van der Waals surface area (Å²) in [6, 6.07) is 15.9. The van der Waals surface area contributed by atoms with Crippen LogP contribution in [-0.4, -0.2) is 6.61 Å². The first kappa shape index (κ1) is 25.1. The lowest BCUT2D eigenvalue weighted by Gasteiger charge is -2.27. The Bertz CT molecular complexity index is 1140. The van der Waals surface area contributed by atoms with Crippen molar-refractivity contribution in [1.29, 1.82) is 0 Å². The smallest absolute Gasteiger partial charge is 0.162 e. The van der Waals surface area contributed by atoms with E-state index in [1.165, 1.54) is 6.07 Å². The summed E-state index contributed by atoms with van der Waals surface area (Å²) in [5, 5.41) is 0. The van der Waals surface area contributed by atoms with Crippen LogP contribution >= 0.6 is 0 Å². The molecular weight excluding hydrogens is 445 g/mol. The number of hydrogen-bond acceptors (Lipinski definition) is 1. The van der Waals surface area contributed by atoms with Crippen LogP contribution in [0.15, 0.2) is 67.3 Å². The molecule has 4 rings (SSSR count). The summed E-state index contributed by atoms with van der Waals surface area (Å²) in [5.41, 5.74) is 3.17. The van der Waals surface area contributed by atoms with Crippen LogP contribution < -0.4 is 4.74 Å². The second-order valence-electron chi connectivity index (χ2n) is 9.66. The molecule has 0 unspecified atom stereocenters. The maximum Gasteiger partial charge on any atom is 0.162 e. The lowest BCUT2D eigenvalue weighted by Crippen LogP contribution is -2.13. The monoisotopic (exact) mass is 478 g/mol. The van der Waals surface area contributed by atoms with Gasteiger partial charge in [-0.15, -0.1) is 6.58 Å². The van der Waals surface area contributed by atoms with E-state index in [9.17, 15) is 13.2 Å². The van der Waals surface area contributed by atoms with Gasteiger partial charge in [-0.05, 0) is 78.3 Å². The van der Waals surface area contributed by atoms with Crippen molar-refractivity contribution in [3.63, 3.8) is 0 Å². The molecule has 0 aliphatic heterocycles. The predicted octanol–water partition coefficient (Wildman–Crippen LogP) is 8.80. The Kier molecular flexibility index (Phi) is 8.33. The van der Waals surface area contributed by atoms with Crippen molar-refractivity contribution in [1.82, 2.24) is 0 Å². The number of halogens is 3. The zero-order chi connectivity index (χ0) is 24.8. The number of rotatable bonds is 9. The zero-order valence-corrected chi connectivity index (χ0v) is 20.3. The van der Waals surface area contributed by atoms with Crippen molar-refractivity contribution in [3.8, 4) is 16.9 Å². The summed E-state index contributed by atoms with van der Waals surface area (Å²) in [5.74, 6) is -0.459. The van der Waals surface area contributed by atoms with Gasteiger partial charge >= 0.3 is 0 Å². The Morgan fingerprint density at radius 3 is 2.31 bits per heavy atom. The normalized spacial score (nSPS) is 17.8. The van der Waals surface area contributed by atoms with Gasteiger partial charge in [0.2, 0.25) is 0 Å². The van der Waals surface area contributed by atoms with E-state index in [2.05, 4.69) is 13.5 Å². The van der Waals surface area contributed by atoms with Crippen LogP contribution in [0.3, 0.4) is 0 Å². The van der Waals surface area contributed by atoms with Crippen LogP contribution in [0.1, 0.15) is 61.6 Å². The number of ether oxygens (including phenoxy) is 1. The molecule has 1 aliphatic rings. The number of hydrogen-bond donors (Lipinski definition) is 0. The average molecular weight is 479 g/mol. The van der Waals surface area contributed by atoms with Gasteiger partial charge in [0.15, 0.2) is 11.6 Å². The summed E-state index contributed by atoms with van der Waals surface area (Å²) in [7, 11) is 0. The van der Waals surface area contributed by atoms with Crippen LogP contribution in [0.25, 0.3) is 11.1 Å². The fraction of sp³-hybridized carbons (Fsp3) is 0.355. The van der Waals surface area contributed by atoms with E-state index in [0.29, 0.717) is 54.2 Å². The lowest BCUT2D eigenvalue weighted by atomic mass is 9.79. The molecule has 0 atom stereocenters. The molecule has 0 radical (unpaired) electrons. The molecule has 0 spiro atoms. The molecule has 1 saturated carbocycles. The van der Waals surface area contributed by atoms with Gasteiger partial charge in [-0.2, -0.15) is 0 Å². The van der Waals surface area contributed by atoms with Gasteiger partial charge in [-0.25, -0.2) is 13.2 Å². The third-order valence-corrected chi connectivity index (χ3v) is 7.13. The SMILES string of the molecule is C=CCCOc1ccc(-c2ccc(CCc3ccc(C4CCC(C)CC4)c(F)c3F)cc2)c(F)c1. The Labute approximate surface area is 206 Å². The molecule has 0 bridgehead atoms. The van der Waals surface area contributed by atoms with Crippen molar-refractivity contribution in [2.45, 2.75) is 57.8 Å². The van der Waals surface area contributed by atoms with Gasteiger partial charge < -0.3 is 4.74 Å². The molecule has 0 amide bonds. The predicted molar refractivity (Wildman–Crippen MR) is 136 cm³/mol. The van der Waals surface area contributed by atoms with E-state index in [-0.39, 0.29) is 11.7 Å². The Hall–Kier alpha value is -3.01. The van der Waals surface area contributed by atoms with E-state index in [1.807, 2.05) is 24.3 Å². The number of benzene rings is 3. The third-order valence-electron chi connectivity index (χ3n) is 7.13. The third kappa shape index (κ3) is 6.17. The molecule has 4 heteroatoms. The molecule has 3 aromatic carbocycles. The maximum atomic E-state index is 14.8. The van der Waals surface area contributed by atoms with Crippen molar-refractivity contribution in [2.24, 2.45) is 5.92 Å². The van der Waals surface area contributed by atoms with E-state index < -0.39 is 11.6 Å². The minimum absolute atomic E-state index is 0.121. The highest BCUT2D eigenvalue weighted by atomic mass is 19.2. The molecule has 1 fully saturated rings. The van der Waals surface area contributed by atoms with Crippen molar-refractivity contribution in [3.05, 3.63) is 101 Å². The molecule has 0 heterocycles. The van der Waals surface area contributed by atoms with Crippen molar-refractivity contribution in [2.75, 3.05) is 6.61 Å². The molecule has 0 aromatic heterocycles. The lowest BCUT2D eigenvalue weighted by molar-refractivity contribution is 0.323. The van der Waals surface area contributed by atoms with E-state index >= 15 is 0 Å². The summed E-state index contributed by atoms with van der Waals surface area (Å²) < 4.78 is 49.8. The van der Waals surface area contributed by atoms with Gasteiger partial charge in [0, 0.05) is 11.6 Å². The highest BCUT2D eigenvalue weighted by Crippen LogP contribution is 2.37. The molecular formula is C31H33F3O. The Balaban J connectivity index is 1.39. The quantitative estimate of drug-likeness (QED) is 0.221. The van der Waals surface area contributed by atoms with Crippen molar-refractivity contribution < 1.29 is 17.9 Å². The first-order valence-electron chi connectivity index (χ1n) is 12.6. The van der Waals surface area contributed by atoms with Crippen LogP contribution in [0.2, 0.25) is 0 Å². The molecule has 35 heavy (non-hydrogen) atoms. The Morgan fingerprint density at radius 1 is 0.886 bits per heavy atom. The van der Waals surface area contributed by atoms with E-state index in [0.717, 1.165) is 36.8 Å². The highest BCUT2D eigenvalue weighted by Gasteiger charge is 2.24. The Morgan fingerprint density at radius 2 is 1.63 bits per heavy atom. The van der Waals surface area contributed by atoms with E-state index in [1.54, 1.807) is 30.3 Å². The van der Waals surface area contributed by atoms with Crippen LogP contribution in [0.5, 0.6) is 5.75 Å². The van der Waals surface area contributed by atoms with Gasteiger partial charge in [0.05, 0.1) is 6.61 Å². The first-order chi connectivity index (χ1) is 17.0. The summed E-state index contributed by atoms with van der Waals surface area (Å²) in [6.07, 6.45) is 7.44. The van der Waals surface area contributed by atoms with Crippen LogP contribution in [0.4, 0.5) is 13.2 Å². The number of aryl methyl sites for hydroxylation is 2. The van der Waals surface area contributed by atoms with Crippen molar-refractivity contribution >= 4 is 0 Å². The largest absolute Gasteiger partial charge is 0.493 e. The van der Waals surface area contributed by atoms with Gasteiger partial charge in [-0.1, -0.05) is 62.2 Å². The second-order valence-corrected chi connectivity index (χ2v) is 9.66. The fourth-order valence-electron chi connectivity index (χ4n) is 4.89. The van der Waals surface area contributed by atoms with E-state index in [4.69, 9.17) is 4.74 Å². The molecule has 184 valence electrons. The van der Waals surface area contributed by atoms with Crippen LogP contribution in [0, 0.1) is 23.4 Å². The molecule has 0 N–H and O–H groups in total. The molecule has 3 aromatic rings. The van der Waals surface area contributed by atoms with Gasteiger partial charge in [0.25, 0.3) is 0 Å². The summed E-state index contributed by atoms with van der Waals surface area (Å²) in [6.45, 7) is 6.32. The summed E-state index contributed by atoms with van der Waals surface area (Å²) in [4.78, 5) is 0. The maximum absolute atomic E-state index is 14.8. The standard InChI is InChI=1S/C31H33F3O/c1-3-4-19-35-26-16-18-27(29(32)20-26)23-12-7-22(8-13-23)9-14-25-15-17-28(31(34)30(25)33)24-10-5-21(2)6-11-24/h3,7-8,12-13,15-18,20-21,24H,1,4-6,9-11,14,19H2,2H3. The van der Waals surface area contributed by atoms with Gasteiger partial charge in [0.1, 0.15) is 11.6 Å². The van der Waals surface area contributed by atoms with Crippen LogP contribution in [-0.2, 0) is 12.8 Å². The topological polar surface area (TPSA) is 9.23 Å².